The van der Waals surface area contributed by atoms with Gasteiger partial charge in [-0.25, -0.2) is 4.39 Å². The fourth-order valence-electron chi connectivity index (χ4n) is 1.53. The van der Waals surface area contributed by atoms with Crippen LogP contribution in [0.4, 0.5) is 10.1 Å². The van der Waals surface area contributed by atoms with Gasteiger partial charge in [-0.15, -0.1) is 0 Å². The van der Waals surface area contributed by atoms with Crippen molar-refractivity contribution >= 4 is 5.69 Å². The first-order valence-corrected chi connectivity index (χ1v) is 4.99. The molecule has 0 saturated heterocycles. The van der Waals surface area contributed by atoms with Crippen molar-refractivity contribution in [1.29, 1.82) is 0 Å². The van der Waals surface area contributed by atoms with Gasteiger partial charge in [-0.05, 0) is 13.0 Å². The van der Waals surface area contributed by atoms with E-state index in [-0.39, 0.29) is 5.82 Å². The third kappa shape index (κ3) is 2.36. The Labute approximate surface area is 93.1 Å². The van der Waals surface area contributed by atoms with Crippen LogP contribution in [0.5, 0.6) is 0 Å². The van der Waals surface area contributed by atoms with Gasteiger partial charge >= 0.3 is 0 Å². The Morgan fingerprint density at radius 1 is 1.38 bits per heavy atom. The van der Waals surface area contributed by atoms with E-state index in [0.29, 0.717) is 12.2 Å². The van der Waals surface area contributed by atoms with Gasteiger partial charge < -0.3 is 5.32 Å². The predicted molar refractivity (Wildman–Crippen MR) is 59.5 cm³/mol. The average Bonchev–Trinajstić information content (AvgIpc) is 2.54. The van der Waals surface area contributed by atoms with Crippen molar-refractivity contribution in [2.24, 2.45) is 7.05 Å². The molecule has 0 aromatic carbocycles. The minimum Gasteiger partial charge on any atom is -0.378 e. The summed E-state index contributed by atoms with van der Waals surface area (Å²) in [5, 5.41) is 7.32. The van der Waals surface area contributed by atoms with Crippen molar-refractivity contribution in [1.82, 2.24) is 14.8 Å². The fourth-order valence-corrected chi connectivity index (χ4v) is 1.53. The molecule has 2 heterocycles. The highest BCUT2D eigenvalue weighted by Gasteiger charge is 2.02. The number of anilines is 1. The van der Waals surface area contributed by atoms with Crippen LogP contribution in [0.15, 0.2) is 24.5 Å². The molecule has 0 radical (unpaired) electrons. The van der Waals surface area contributed by atoms with E-state index >= 15 is 0 Å². The predicted octanol–water partition coefficient (Wildman–Crippen LogP) is 1.87. The topological polar surface area (TPSA) is 42.7 Å². The molecule has 0 atom stereocenters. The monoisotopic (exact) mass is 220 g/mol. The van der Waals surface area contributed by atoms with Gasteiger partial charge in [-0.1, -0.05) is 0 Å². The van der Waals surface area contributed by atoms with E-state index in [4.69, 9.17) is 0 Å². The Kier molecular flexibility index (Phi) is 2.85. The Bertz CT molecular complexity index is 492. The Morgan fingerprint density at radius 3 is 2.81 bits per heavy atom. The van der Waals surface area contributed by atoms with E-state index in [2.05, 4.69) is 15.4 Å². The van der Waals surface area contributed by atoms with E-state index in [1.54, 1.807) is 10.9 Å². The third-order valence-corrected chi connectivity index (χ3v) is 2.28. The molecule has 5 heteroatoms. The minimum atomic E-state index is -0.341. The van der Waals surface area contributed by atoms with Crippen LogP contribution >= 0.6 is 0 Å². The number of aryl methyl sites for hydroxylation is 2. The second-order valence-corrected chi connectivity index (χ2v) is 3.65. The summed E-state index contributed by atoms with van der Waals surface area (Å²) in [7, 11) is 1.88. The lowest BCUT2D eigenvalue weighted by Gasteiger charge is -2.05. The average molecular weight is 220 g/mol. The summed E-state index contributed by atoms with van der Waals surface area (Å²) >= 11 is 0. The molecule has 2 aromatic rings. The molecule has 1 N–H and O–H groups in total. The number of rotatable bonds is 3. The number of pyridine rings is 1. The van der Waals surface area contributed by atoms with Crippen LogP contribution in [0.2, 0.25) is 0 Å². The zero-order chi connectivity index (χ0) is 11.5. The first-order chi connectivity index (χ1) is 7.65. The van der Waals surface area contributed by atoms with Crippen molar-refractivity contribution in [3.63, 3.8) is 0 Å². The van der Waals surface area contributed by atoms with Crippen LogP contribution in [-0.4, -0.2) is 14.8 Å². The van der Waals surface area contributed by atoms with Gasteiger partial charge in [0.2, 0.25) is 0 Å². The summed E-state index contributed by atoms with van der Waals surface area (Å²) in [4.78, 5) is 3.76. The Hall–Kier alpha value is -1.91. The highest BCUT2D eigenvalue weighted by atomic mass is 19.1. The largest absolute Gasteiger partial charge is 0.378 e. The maximum atomic E-state index is 12.9. The van der Waals surface area contributed by atoms with Gasteiger partial charge in [-0.3, -0.25) is 9.67 Å². The maximum absolute atomic E-state index is 12.9. The Balaban J connectivity index is 2.05. The molecule has 0 amide bonds. The van der Waals surface area contributed by atoms with Gasteiger partial charge in [0.25, 0.3) is 0 Å². The van der Waals surface area contributed by atoms with Gasteiger partial charge in [0.05, 0.1) is 36.0 Å². The molecule has 16 heavy (non-hydrogen) atoms. The SMILES string of the molecule is Cc1cc(CNc2cncc(F)c2)n(C)n1. The first-order valence-electron chi connectivity index (χ1n) is 4.99. The number of hydrogen-bond donors (Lipinski definition) is 1. The van der Waals surface area contributed by atoms with Crippen LogP contribution in [0.25, 0.3) is 0 Å². The molecule has 0 saturated carbocycles. The van der Waals surface area contributed by atoms with Crippen LogP contribution in [0.1, 0.15) is 11.4 Å². The standard InChI is InChI=1S/C11H13FN4/c1-8-3-11(16(2)15-8)7-14-10-4-9(12)5-13-6-10/h3-6,14H,7H2,1-2H3. The summed E-state index contributed by atoms with van der Waals surface area (Å²) in [6, 6.07) is 3.40. The summed E-state index contributed by atoms with van der Waals surface area (Å²) in [6.07, 6.45) is 2.77. The molecule has 2 rings (SSSR count). The molecule has 0 aliphatic heterocycles. The summed E-state index contributed by atoms with van der Waals surface area (Å²) in [5.74, 6) is -0.341. The highest BCUT2D eigenvalue weighted by Crippen LogP contribution is 2.09. The van der Waals surface area contributed by atoms with Crippen LogP contribution < -0.4 is 5.32 Å². The van der Waals surface area contributed by atoms with Gasteiger partial charge in [0, 0.05) is 13.1 Å². The molecule has 0 spiro atoms. The van der Waals surface area contributed by atoms with Gasteiger partial charge in [0.1, 0.15) is 5.82 Å². The van der Waals surface area contributed by atoms with E-state index in [0.717, 1.165) is 11.4 Å². The van der Waals surface area contributed by atoms with Crippen LogP contribution in [0, 0.1) is 12.7 Å². The highest BCUT2D eigenvalue weighted by molar-refractivity contribution is 5.40. The van der Waals surface area contributed by atoms with Crippen molar-refractivity contribution in [3.8, 4) is 0 Å². The van der Waals surface area contributed by atoms with Crippen molar-refractivity contribution < 1.29 is 4.39 Å². The molecular formula is C11H13FN4. The zero-order valence-electron chi connectivity index (χ0n) is 9.24. The number of hydrogen-bond acceptors (Lipinski definition) is 3. The normalized spacial score (nSPS) is 10.4. The number of nitrogens with zero attached hydrogens (tertiary/aromatic N) is 3. The van der Waals surface area contributed by atoms with Gasteiger partial charge in [-0.2, -0.15) is 5.10 Å². The molecule has 0 fully saturated rings. The summed E-state index contributed by atoms with van der Waals surface area (Å²) < 4.78 is 14.7. The van der Waals surface area contributed by atoms with E-state index in [1.165, 1.54) is 12.3 Å². The fraction of sp³-hybridized carbons (Fsp3) is 0.273. The number of halogens is 1. The van der Waals surface area contributed by atoms with E-state index in [9.17, 15) is 4.39 Å². The minimum absolute atomic E-state index is 0.341. The molecular weight excluding hydrogens is 207 g/mol. The van der Waals surface area contributed by atoms with Crippen molar-refractivity contribution in [2.75, 3.05) is 5.32 Å². The lowest BCUT2D eigenvalue weighted by molar-refractivity contribution is 0.621. The summed E-state index contributed by atoms with van der Waals surface area (Å²) in [6.45, 7) is 2.54. The van der Waals surface area contributed by atoms with Crippen LogP contribution in [-0.2, 0) is 13.6 Å². The molecule has 0 aliphatic rings. The summed E-state index contributed by atoms with van der Waals surface area (Å²) in [5.41, 5.74) is 2.68. The van der Waals surface area contributed by atoms with E-state index < -0.39 is 0 Å². The molecule has 0 unspecified atom stereocenters. The maximum Gasteiger partial charge on any atom is 0.143 e. The van der Waals surface area contributed by atoms with Crippen LogP contribution in [0.3, 0.4) is 0 Å². The Morgan fingerprint density at radius 2 is 2.19 bits per heavy atom. The molecule has 2 aromatic heterocycles. The lowest BCUT2D eigenvalue weighted by atomic mass is 10.3. The molecule has 0 bridgehead atoms. The lowest BCUT2D eigenvalue weighted by Crippen LogP contribution is -2.05. The molecule has 0 aliphatic carbocycles. The molecule has 4 nitrogen and oxygen atoms in total. The third-order valence-electron chi connectivity index (χ3n) is 2.28. The zero-order valence-corrected chi connectivity index (χ0v) is 9.24. The first kappa shape index (κ1) is 10.6. The quantitative estimate of drug-likeness (QED) is 0.858. The van der Waals surface area contributed by atoms with Crippen molar-refractivity contribution in [3.05, 3.63) is 41.7 Å². The smallest absolute Gasteiger partial charge is 0.143 e. The van der Waals surface area contributed by atoms with Crippen molar-refractivity contribution in [2.45, 2.75) is 13.5 Å². The number of nitrogens with one attached hydrogen (secondary N) is 1. The van der Waals surface area contributed by atoms with E-state index in [1.807, 2.05) is 20.0 Å². The van der Waals surface area contributed by atoms with Gasteiger partial charge in [0.15, 0.2) is 0 Å². The second kappa shape index (κ2) is 4.30. The second-order valence-electron chi connectivity index (χ2n) is 3.65. The molecule has 84 valence electrons. The number of aromatic nitrogens is 3.